The Morgan fingerprint density at radius 2 is 2.12 bits per heavy atom. The molecule has 0 aliphatic heterocycles. The highest BCUT2D eigenvalue weighted by Gasteiger charge is 2.00. The fraction of sp³-hybridized carbons (Fsp3) is 0.214. The molecule has 1 aromatic heterocycles. The van der Waals surface area contributed by atoms with Gasteiger partial charge in [-0.05, 0) is 36.2 Å². The van der Waals surface area contributed by atoms with Gasteiger partial charge in [-0.15, -0.1) is 0 Å². The lowest BCUT2D eigenvalue weighted by Gasteiger charge is -2.08. The zero-order valence-corrected chi connectivity index (χ0v) is 9.89. The first-order valence-corrected chi connectivity index (χ1v) is 5.62. The van der Waals surface area contributed by atoms with Gasteiger partial charge < -0.3 is 10.5 Å². The molecular formula is C14H16N2O. The van der Waals surface area contributed by atoms with Gasteiger partial charge >= 0.3 is 0 Å². The largest absolute Gasteiger partial charge is 0.487 e. The van der Waals surface area contributed by atoms with Crippen molar-refractivity contribution in [3.05, 3.63) is 59.4 Å². The van der Waals surface area contributed by atoms with E-state index in [2.05, 4.69) is 4.98 Å². The molecule has 3 nitrogen and oxygen atoms in total. The van der Waals surface area contributed by atoms with E-state index in [1.165, 1.54) is 0 Å². The Balaban J connectivity index is 2.05. The van der Waals surface area contributed by atoms with Crippen molar-refractivity contribution in [2.75, 3.05) is 0 Å². The number of aryl methyl sites for hydroxylation is 1. The average molecular weight is 228 g/mol. The maximum atomic E-state index is 5.70. The quantitative estimate of drug-likeness (QED) is 0.874. The van der Waals surface area contributed by atoms with Crippen molar-refractivity contribution in [1.29, 1.82) is 0 Å². The second-order valence-electron chi connectivity index (χ2n) is 3.91. The molecule has 88 valence electrons. The van der Waals surface area contributed by atoms with Crippen LogP contribution in [0.3, 0.4) is 0 Å². The highest BCUT2D eigenvalue weighted by molar-refractivity contribution is 5.28. The van der Waals surface area contributed by atoms with E-state index >= 15 is 0 Å². The summed E-state index contributed by atoms with van der Waals surface area (Å²) in [6, 6.07) is 11.8. The van der Waals surface area contributed by atoms with Crippen LogP contribution in [0.2, 0.25) is 0 Å². The van der Waals surface area contributed by atoms with Crippen LogP contribution in [0, 0.1) is 6.92 Å². The Morgan fingerprint density at radius 1 is 1.24 bits per heavy atom. The molecule has 2 aromatic rings. The fourth-order valence-electron chi connectivity index (χ4n) is 1.58. The number of aromatic nitrogens is 1. The smallest absolute Gasteiger partial charge is 0.130 e. The topological polar surface area (TPSA) is 48.1 Å². The van der Waals surface area contributed by atoms with Crippen molar-refractivity contribution >= 4 is 0 Å². The summed E-state index contributed by atoms with van der Waals surface area (Å²) < 4.78 is 5.70. The monoisotopic (exact) mass is 228 g/mol. The minimum absolute atomic E-state index is 0.487. The molecule has 1 aromatic carbocycles. The summed E-state index contributed by atoms with van der Waals surface area (Å²) in [6.07, 6.45) is 1.78. The van der Waals surface area contributed by atoms with E-state index in [4.69, 9.17) is 10.5 Å². The van der Waals surface area contributed by atoms with Gasteiger partial charge in [0.1, 0.15) is 12.4 Å². The molecule has 0 unspecified atom stereocenters. The van der Waals surface area contributed by atoms with Gasteiger partial charge in [-0.25, -0.2) is 0 Å². The normalized spacial score (nSPS) is 10.2. The lowest BCUT2D eigenvalue weighted by Crippen LogP contribution is -2.01. The lowest BCUT2D eigenvalue weighted by atomic mass is 10.2. The second kappa shape index (κ2) is 5.46. The Kier molecular flexibility index (Phi) is 3.73. The Hall–Kier alpha value is -1.87. The van der Waals surface area contributed by atoms with Gasteiger partial charge in [-0.1, -0.05) is 18.2 Å². The molecule has 0 amide bonds. The number of hydrogen-bond acceptors (Lipinski definition) is 3. The molecule has 0 atom stereocenters. The van der Waals surface area contributed by atoms with Crippen LogP contribution in [0.25, 0.3) is 0 Å². The maximum Gasteiger partial charge on any atom is 0.130 e. The summed E-state index contributed by atoms with van der Waals surface area (Å²) >= 11 is 0. The molecule has 0 bridgehead atoms. The molecule has 0 aliphatic rings. The minimum atomic E-state index is 0.487. The van der Waals surface area contributed by atoms with Gasteiger partial charge in [0.05, 0.1) is 5.69 Å². The van der Waals surface area contributed by atoms with E-state index in [1.54, 1.807) is 6.20 Å². The first-order chi connectivity index (χ1) is 8.29. The molecule has 3 heteroatoms. The highest BCUT2D eigenvalue weighted by Crippen LogP contribution is 2.15. The van der Waals surface area contributed by atoms with Crippen molar-refractivity contribution < 1.29 is 4.74 Å². The Bertz CT molecular complexity index is 497. The minimum Gasteiger partial charge on any atom is -0.487 e. The van der Waals surface area contributed by atoms with Crippen LogP contribution in [-0.4, -0.2) is 4.98 Å². The van der Waals surface area contributed by atoms with Crippen LogP contribution in [0.4, 0.5) is 0 Å². The molecule has 0 saturated carbocycles. The molecular weight excluding hydrogens is 212 g/mol. The highest BCUT2D eigenvalue weighted by atomic mass is 16.5. The SMILES string of the molecule is Cc1cccnc1COc1cccc(CN)c1. The molecule has 0 aliphatic carbocycles. The number of ether oxygens (including phenoxy) is 1. The molecule has 0 spiro atoms. The van der Waals surface area contributed by atoms with Gasteiger partial charge in [-0.3, -0.25) is 4.98 Å². The van der Waals surface area contributed by atoms with Crippen LogP contribution in [0.5, 0.6) is 5.75 Å². The number of benzene rings is 1. The zero-order valence-electron chi connectivity index (χ0n) is 9.89. The lowest BCUT2D eigenvalue weighted by molar-refractivity contribution is 0.300. The molecule has 1 heterocycles. The van der Waals surface area contributed by atoms with Crippen molar-refractivity contribution in [2.45, 2.75) is 20.1 Å². The van der Waals surface area contributed by atoms with E-state index in [1.807, 2.05) is 43.3 Å². The Morgan fingerprint density at radius 3 is 2.88 bits per heavy atom. The molecule has 2 N–H and O–H groups in total. The standard InChI is InChI=1S/C14H16N2O/c1-11-4-3-7-16-14(11)10-17-13-6-2-5-12(8-13)9-15/h2-8H,9-10,15H2,1H3. The molecule has 0 saturated heterocycles. The van der Waals surface area contributed by atoms with Crippen LogP contribution in [0.15, 0.2) is 42.6 Å². The number of hydrogen-bond donors (Lipinski definition) is 1. The second-order valence-corrected chi connectivity index (χ2v) is 3.91. The van der Waals surface area contributed by atoms with Crippen molar-refractivity contribution in [3.8, 4) is 5.75 Å². The van der Waals surface area contributed by atoms with E-state index in [0.717, 1.165) is 22.6 Å². The fourth-order valence-corrected chi connectivity index (χ4v) is 1.58. The van der Waals surface area contributed by atoms with Crippen LogP contribution >= 0.6 is 0 Å². The van der Waals surface area contributed by atoms with Gasteiger partial charge in [-0.2, -0.15) is 0 Å². The third kappa shape index (κ3) is 3.04. The first kappa shape index (κ1) is 11.6. The van der Waals surface area contributed by atoms with E-state index in [0.29, 0.717) is 13.2 Å². The van der Waals surface area contributed by atoms with Crippen molar-refractivity contribution in [1.82, 2.24) is 4.98 Å². The maximum absolute atomic E-state index is 5.70. The third-order valence-electron chi connectivity index (χ3n) is 2.63. The predicted molar refractivity (Wildman–Crippen MR) is 67.6 cm³/mol. The molecule has 2 rings (SSSR count). The molecule has 17 heavy (non-hydrogen) atoms. The first-order valence-electron chi connectivity index (χ1n) is 5.62. The van der Waals surface area contributed by atoms with Gasteiger partial charge in [0.15, 0.2) is 0 Å². The van der Waals surface area contributed by atoms with Gasteiger partial charge in [0.25, 0.3) is 0 Å². The predicted octanol–water partition coefficient (Wildman–Crippen LogP) is 2.43. The number of nitrogens with zero attached hydrogens (tertiary/aromatic N) is 1. The van der Waals surface area contributed by atoms with Gasteiger partial charge in [0.2, 0.25) is 0 Å². The average Bonchev–Trinajstić information content (AvgIpc) is 2.38. The summed E-state index contributed by atoms with van der Waals surface area (Å²) in [7, 11) is 0. The molecule has 0 fully saturated rings. The third-order valence-corrected chi connectivity index (χ3v) is 2.63. The van der Waals surface area contributed by atoms with Crippen LogP contribution in [-0.2, 0) is 13.2 Å². The number of pyridine rings is 1. The molecule has 0 radical (unpaired) electrons. The van der Waals surface area contributed by atoms with E-state index < -0.39 is 0 Å². The van der Waals surface area contributed by atoms with Crippen molar-refractivity contribution in [2.24, 2.45) is 5.73 Å². The Labute approximate surface area is 101 Å². The summed E-state index contributed by atoms with van der Waals surface area (Å²) in [5, 5.41) is 0. The van der Waals surface area contributed by atoms with Gasteiger partial charge in [0, 0.05) is 12.7 Å². The summed E-state index contributed by atoms with van der Waals surface area (Å²) in [5.74, 6) is 0.831. The summed E-state index contributed by atoms with van der Waals surface area (Å²) in [4.78, 5) is 4.29. The number of nitrogens with two attached hydrogens (primary N) is 1. The zero-order chi connectivity index (χ0) is 12.1. The van der Waals surface area contributed by atoms with Crippen LogP contribution in [0.1, 0.15) is 16.8 Å². The number of rotatable bonds is 4. The van der Waals surface area contributed by atoms with E-state index in [9.17, 15) is 0 Å². The van der Waals surface area contributed by atoms with Crippen molar-refractivity contribution in [3.63, 3.8) is 0 Å². The van der Waals surface area contributed by atoms with Crippen LogP contribution < -0.4 is 10.5 Å². The summed E-state index contributed by atoms with van der Waals surface area (Å²) in [6.45, 7) is 3.04. The summed E-state index contributed by atoms with van der Waals surface area (Å²) in [5.41, 5.74) is 8.76. The van der Waals surface area contributed by atoms with E-state index in [-0.39, 0.29) is 0 Å².